The molecule has 7 heteroatoms. The standard InChI is InChI=1S/C9H8ClN3O3/c10-6-2-7(12-3-11-6)13-8(14)4-1-5(4)9(15)16/h2-5H,1H2,(H,15,16)(H,11,12,13,14)/t4-,5+/m1/s1. The Kier molecular flexibility index (Phi) is 2.74. The summed E-state index contributed by atoms with van der Waals surface area (Å²) in [5.41, 5.74) is 0. The second kappa shape index (κ2) is 4.05. The van der Waals surface area contributed by atoms with E-state index in [0.29, 0.717) is 6.42 Å². The second-order valence-electron chi connectivity index (χ2n) is 3.50. The molecule has 0 aromatic carbocycles. The number of hydrogen-bond acceptors (Lipinski definition) is 4. The number of carbonyl (C=O) groups excluding carboxylic acids is 1. The van der Waals surface area contributed by atoms with Gasteiger partial charge in [0, 0.05) is 6.07 Å². The summed E-state index contributed by atoms with van der Waals surface area (Å²) in [4.78, 5) is 29.5. The highest BCUT2D eigenvalue weighted by atomic mass is 35.5. The second-order valence-corrected chi connectivity index (χ2v) is 3.89. The van der Waals surface area contributed by atoms with E-state index in [-0.39, 0.29) is 16.9 Å². The summed E-state index contributed by atoms with van der Waals surface area (Å²) in [6.45, 7) is 0. The Morgan fingerprint density at radius 3 is 2.75 bits per heavy atom. The van der Waals surface area contributed by atoms with Gasteiger partial charge < -0.3 is 10.4 Å². The van der Waals surface area contributed by atoms with E-state index in [0.717, 1.165) is 0 Å². The van der Waals surface area contributed by atoms with Crippen LogP contribution in [0.2, 0.25) is 5.15 Å². The van der Waals surface area contributed by atoms with E-state index in [1.54, 1.807) is 0 Å². The van der Waals surface area contributed by atoms with Crippen molar-refractivity contribution in [1.82, 2.24) is 9.97 Å². The molecule has 2 N–H and O–H groups in total. The Labute approximate surface area is 95.7 Å². The van der Waals surface area contributed by atoms with E-state index in [9.17, 15) is 9.59 Å². The Balaban J connectivity index is 1.96. The summed E-state index contributed by atoms with van der Waals surface area (Å²) in [5, 5.41) is 11.4. The number of halogens is 1. The number of nitrogens with one attached hydrogen (secondary N) is 1. The summed E-state index contributed by atoms with van der Waals surface area (Å²) >= 11 is 5.61. The van der Waals surface area contributed by atoms with Crippen LogP contribution in [0.1, 0.15) is 6.42 Å². The number of anilines is 1. The number of aromatic nitrogens is 2. The molecule has 0 aliphatic heterocycles. The molecule has 84 valence electrons. The Morgan fingerprint density at radius 2 is 2.19 bits per heavy atom. The molecule has 1 saturated carbocycles. The predicted molar refractivity (Wildman–Crippen MR) is 54.9 cm³/mol. The third-order valence-electron chi connectivity index (χ3n) is 2.33. The molecule has 1 heterocycles. The first-order valence-corrected chi connectivity index (χ1v) is 4.97. The lowest BCUT2D eigenvalue weighted by Crippen LogP contribution is -2.17. The average molecular weight is 242 g/mol. The number of aliphatic carboxylic acids is 1. The Bertz CT molecular complexity index is 451. The van der Waals surface area contributed by atoms with Gasteiger partial charge in [0.1, 0.15) is 17.3 Å². The summed E-state index contributed by atoms with van der Waals surface area (Å²) in [6.07, 6.45) is 1.60. The van der Waals surface area contributed by atoms with Gasteiger partial charge in [0.25, 0.3) is 0 Å². The highest BCUT2D eigenvalue weighted by molar-refractivity contribution is 6.29. The SMILES string of the molecule is O=C(O)[C@H]1C[C@H]1C(=O)Nc1cc(Cl)ncn1. The molecule has 0 radical (unpaired) electrons. The molecule has 1 aromatic rings. The van der Waals surface area contributed by atoms with Gasteiger partial charge in [0.15, 0.2) is 0 Å². The van der Waals surface area contributed by atoms with Crippen molar-refractivity contribution in [2.45, 2.75) is 6.42 Å². The van der Waals surface area contributed by atoms with Crippen LogP contribution in [0.3, 0.4) is 0 Å². The summed E-state index contributed by atoms with van der Waals surface area (Å²) in [7, 11) is 0. The minimum atomic E-state index is -0.944. The van der Waals surface area contributed by atoms with E-state index in [1.165, 1.54) is 12.4 Å². The van der Waals surface area contributed by atoms with Gasteiger partial charge in [-0.25, -0.2) is 9.97 Å². The van der Waals surface area contributed by atoms with Gasteiger partial charge in [0.2, 0.25) is 5.91 Å². The molecule has 2 rings (SSSR count). The zero-order valence-corrected chi connectivity index (χ0v) is 8.81. The molecule has 16 heavy (non-hydrogen) atoms. The van der Waals surface area contributed by atoms with Gasteiger partial charge in [-0.05, 0) is 6.42 Å². The van der Waals surface area contributed by atoms with Gasteiger partial charge in [-0.15, -0.1) is 0 Å². The monoisotopic (exact) mass is 241 g/mol. The quantitative estimate of drug-likeness (QED) is 0.764. The van der Waals surface area contributed by atoms with Gasteiger partial charge in [-0.2, -0.15) is 0 Å². The largest absolute Gasteiger partial charge is 0.481 e. The predicted octanol–water partition coefficient (Wildman–Crippen LogP) is 0.789. The van der Waals surface area contributed by atoms with Gasteiger partial charge in [0.05, 0.1) is 11.8 Å². The highest BCUT2D eigenvalue weighted by Gasteiger charge is 2.48. The summed E-state index contributed by atoms with van der Waals surface area (Å²) in [5.74, 6) is -2.05. The average Bonchev–Trinajstić information content (AvgIpc) is 2.96. The summed E-state index contributed by atoms with van der Waals surface area (Å²) < 4.78 is 0. The van der Waals surface area contributed by atoms with Crippen LogP contribution in [-0.2, 0) is 9.59 Å². The molecule has 6 nitrogen and oxygen atoms in total. The van der Waals surface area contributed by atoms with Crippen molar-refractivity contribution in [3.8, 4) is 0 Å². The molecule has 1 aliphatic carbocycles. The van der Waals surface area contributed by atoms with Crippen LogP contribution in [0.5, 0.6) is 0 Å². The van der Waals surface area contributed by atoms with Crippen molar-refractivity contribution in [3.05, 3.63) is 17.5 Å². The first kappa shape index (κ1) is 10.8. The fraction of sp³-hybridized carbons (Fsp3) is 0.333. The van der Waals surface area contributed by atoms with Crippen LogP contribution in [0, 0.1) is 11.8 Å². The molecule has 1 aliphatic rings. The molecule has 0 spiro atoms. The lowest BCUT2D eigenvalue weighted by molar-refractivity contribution is -0.139. The molecule has 1 aromatic heterocycles. The Hall–Kier alpha value is -1.69. The number of rotatable bonds is 3. The third-order valence-corrected chi connectivity index (χ3v) is 2.54. The van der Waals surface area contributed by atoms with Gasteiger partial charge >= 0.3 is 5.97 Å². The smallest absolute Gasteiger partial charge is 0.307 e. The third kappa shape index (κ3) is 2.27. The molecule has 1 fully saturated rings. The minimum absolute atomic E-state index is 0.218. The van der Waals surface area contributed by atoms with Crippen LogP contribution in [-0.4, -0.2) is 27.0 Å². The van der Waals surface area contributed by atoms with Gasteiger partial charge in [-0.1, -0.05) is 11.6 Å². The molecule has 0 unspecified atom stereocenters. The van der Waals surface area contributed by atoms with Crippen LogP contribution in [0.25, 0.3) is 0 Å². The van der Waals surface area contributed by atoms with Crippen molar-refractivity contribution in [1.29, 1.82) is 0 Å². The van der Waals surface area contributed by atoms with Crippen LogP contribution in [0.15, 0.2) is 12.4 Å². The van der Waals surface area contributed by atoms with Crippen LogP contribution >= 0.6 is 11.6 Å². The van der Waals surface area contributed by atoms with E-state index in [2.05, 4.69) is 15.3 Å². The number of amides is 1. The first-order chi connectivity index (χ1) is 7.58. The van der Waals surface area contributed by atoms with E-state index < -0.39 is 17.8 Å². The van der Waals surface area contributed by atoms with Crippen molar-refractivity contribution in [3.63, 3.8) is 0 Å². The zero-order chi connectivity index (χ0) is 11.7. The van der Waals surface area contributed by atoms with Crippen molar-refractivity contribution in [2.24, 2.45) is 11.8 Å². The molecule has 0 saturated heterocycles. The van der Waals surface area contributed by atoms with Crippen molar-refractivity contribution >= 4 is 29.3 Å². The summed E-state index contributed by atoms with van der Waals surface area (Å²) in [6, 6.07) is 1.40. The highest BCUT2D eigenvalue weighted by Crippen LogP contribution is 2.39. The normalized spacial score (nSPS) is 22.6. The number of carboxylic acids is 1. The number of hydrogen-bond donors (Lipinski definition) is 2. The topological polar surface area (TPSA) is 92.2 Å². The van der Waals surface area contributed by atoms with Crippen LogP contribution in [0.4, 0.5) is 5.82 Å². The maximum atomic E-state index is 11.5. The molecular weight excluding hydrogens is 234 g/mol. The molecule has 2 atom stereocenters. The van der Waals surface area contributed by atoms with E-state index in [4.69, 9.17) is 16.7 Å². The lowest BCUT2D eigenvalue weighted by atomic mass is 10.3. The number of carbonyl (C=O) groups is 2. The fourth-order valence-corrected chi connectivity index (χ4v) is 1.53. The van der Waals surface area contributed by atoms with Crippen molar-refractivity contribution < 1.29 is 14.7 Å². The lowest BCUT2D eigenvalue weighted by Gasteiger charge is -2.02. The number of carboxylic acid groups (broad SMARTS) is 1. The number of nitrogens with zero attached hydrogens (tertiary/aromatic N) is 2. The molecule has 1 amide bonds. The Morgan fingerprint density at radius 1 is 1.44 bits per heavy atom. The van der Waals surface area contributed by atoms with Crippen molar-refractivity contribution in [2.75, 3.05) is 5.32 Å². The fourth-order valence-electron chi connectivity index (χ4n) is 1.38. The minimum Gasteiger partial charge on any atom is -0.481 e. The molecule has 0 bridgehead atoms. The molecular formula is C9H8ClN3O3. The van der Waals surface area contributed by atoms with Gasteiger partial charge in [-0.3, -0.25) is 9.59 Å². The zero-order valence-electron chi connectivity index (χ0n) is 8.05. The van der Waals surface area contributed by atoms with E-state index in [1.807, 2.05) is 0 Å². The first-order valence-electron chi connectivity index (χ1n) is 4.59. The van der Waals surface area contributed by atoms with E-state index >= 15 is 0 Å². The maximum absolute atomic E-state index is 11.5. The maximum Gasteiger partial charge on any atom is 0.307 e. The van der Waals surface area contributed by atoms with Crippen LogP contribution < -0.4 is 5.32 Å².